The first-order valence-electron chi connectivity index (χ1n) is 4.39. The van der Waals surface area contributed by atoms with Crippen molar-refractivity contribution in [3.8, 4) is 0 Å². The predicted molar refractivity (Wildman–Crippen MR) is 54.7 cm³/mol. The van der Waals surface area contributed by atoms with Crippen LogP contribution >= 0.6 is 0 Å². The van der Waals surface area contributed by atoms with Gasteiger partial charge in [0.25, 0.3) is 17.9 Å². The van der Waals surface area contributed by atoms with Crippen LogP contribution in [0.15, 0.2) is 25.3 Å². The summed E-state index contributed by atoms with van der Waals surface area (Å²) >= 11 is -3.15. The fraction of sp³-hybridized carbons (Fsp3) is 0.222. The highest BCUT2D eigenvalue weighted by Crippen LogP contribution is 1.98. The summed E-state index contributed by atoms with van der Waals surface area (Å²) in [6.07, 6.45) is 1.84. The molecule has 0 aromatic rings. The lowest BCUT2D eigenvalue weighted by atomic mass is 10.5. The van der Waals surface area contributed by atoms with Crippen molar-refractivity contribution >= 4 is 33.1 Å². The molecule has 6 nitrogen and oxygen atoms in total. The van der Waals surface area contributed by atoms with Crippen LogP contribution in [0.25, 0.3) is 0 Å². The highest BCUT2D eigenvalue weighted by molar-refractivity contribution is 6.44. The number of hydrogen-bond donors (Lipinski definition) is 0. The largest absolute Gasteiger partial charge is 1.20 e. The Morgan fingerprint density at radius 1 is 1.06 bits per heavy atom. The van der Waals surface area contributed by atoms with Crippen LogP contribution in [0.5, 0.6) is 0 Å². The second-order valence-electron chi connectivity index (χ2n) is 2.41. The molecule has 0 aliphatic carbocycles. The molecule has 7 heteroatoms. The Labute approximate surface area is 97.9 Å². The van der Waals surface area contributed by atoms with Crippen LogP contribution in [0.4, 0.5) is 0 Å². The van der Waals surface area contributed by atoms with Crippen molar-refractivity contribution in [2.24, 2.45) is 0 Å². The first-order chi connectivity index (χ1) is 7.53. The molecule has 0 aliphatic heterocycles. The minimum Gasteiger partial charge on any atom is -0.551 e. The molecular weight excluding hydrogens is 231 g/mol. The van der Waals surface area contributed by atoms with Gasteiger partial charge in [0.05, 0.1) is 0 Å². The van der Waals surface area contributed by atoms with Crippen LogP contribution in [-0.2, 0) is 25.7 Å². The maximum absolute atomic E-state index is 10.9. The number of carbonyl (C=O) groups is 3. The van der Waals surface area contributed by atoms with E-state index in [1.807, 2.05) is 0 Å². The van der Waals surface area contributed by atoms with Gasteiger partial charge in [-0.05, 0) is 0 Å². The van der Waals surface area contributed by atoms with Crippen molar-refractivity contribution in [2.75, 3.05) is 0 Å². The highest BCUT2D eigenvalue weighted by atomic mass is 27.3. The molecule has 0 aromatic carbocycles. The minimum absolute atomic E-state index is 0.0841. The van der Waals surface area contributed by atoms with E-state index in [1.54, 1.807) is 6.92 Å². The summed E-state index contributed by atoms with van der Waals surface area (Å²) in [5.74, 6) is -2.26. The van der Waals surface area contributed by atoms with Crippen LogP contribution in [0.3, 0.4) is 0 Å². The average molecular weight is 242 g/mol. The molecule has 0 aliphatic rings. The van der Waals surface area contributed by atoms with Crippen LogP contribution in [0, 0.1) is 0 Å². The van der Waals surface area contributed by atoms with Gasteiger partial charge < -0.3 is 11.4 Å². The van der Waals surface area contributed by atoms with E-state index in [0.717, 1.165) is 12.2 Å². The molecule has 0 saturated heterocycles. The van der Waals surface area contributed by atoms with Gasteiger partial charge in [-0.15, -0.1) is 0 Å². The Hall–Kier alpha value is -1.58. The van der Waals surface area contributed by atoms with Crippen molar-refractivity contribution in [1.29, 1.82) is 0 Å². The molecule has 0 amide bonds. The fourth-order valence-corrected chi connectivity index (χ4v) is 1.65. The first kappa shape index (κ1) is 14.4. The van der Waals surface area contributed by atoms with E-state index in [4.69, 9.17) is 0 Å². The van der Waals surface area contributed by atoms with Crippen molar-refractivity contribution in [3.05, 3.63) is 25.3 Å². The molecule has 0 spiro atoms. The van der Waals surface area contributed by atoms with Gasteiger partial charge in [-0.3, -0.25) is 14.4 Å². The van der Waals surface area contributed by atoms with E-state index in [2.05, 4.69) is 24.5 Å². The third-order valence-electron chi connectivity index (χ3n) is 1.27. The Morgan fingerprint density at radius 3 is 1.81 bits per heavy atom. The van der Waals surface area contributed by atoms with Gasteiger partial charge in [0.1, 0.15) is 0 Å². The lowest BCUT2D eigenvalue weighted by molar-refractivity contribution is -0.143. The minimum atomic E-state index is -3.15. The monoisotopic (exact) mass is 242 g/mol. The van der Waals surface area contributed by atoms with Gasteiger partial charge in [-0.2, -0.15) is 0 Å². The Balaban J connectivity index is 4.42. The van der Waals surface area contributed by atoms with E-state index >= 15 is 0 Å². The quantitative estimate of drug-likeness (QED) is 0.495. The Kier molecular flexibility index (Phi) is 6.92. The predicted octanol–water partition coefficient (Wildman–Crippen LogP) is 0.383. The second-order valence-corrected chi connectivity index (χ2v) is 3.70. The van der Waals surface area contributed by atoms with E-state index in [0.29, 0.717) is 0 Å². The lowest BCUT2D eigenvalue weighted by Crippen LogP contribution is -2.33. The van der Waals surface area contributed by atoms with Gasteiger partial charge in [-0.1, -0.05) is 20.1 Å². The Bertz CT molecular complexity index is 289. The highest BCUT2D eigenvalue weighted by Gasteiger charge is 2.48. The smallest absolute Gasteiger partial charge is 0.551 e. The summed E-state index contributed by atoms with van der Waals surface area (Å²) in [5, 5.41) is 0. The summed E-state index contributed by atoms with van der Waals surface area (Å²) in [7, 11) is 0. The molecular formula is C9H11AlO6. The molecule has 0 heterocycles. The second kappa shape index (κ2) is 7.68. The molecule has 0 fully saturated rings. The maximum Gasteiger partial charge on any atom is 1.20 e. The van der Waals surface area contributed by atoms with Crippen LogP contribution in [-0.4, -0.2) is 33.1 Å². The molecule has 86 valence electrons. The van der Waals surface area contributed by atoms with Crippen molar-refractivity contribution in [3.63, 3.8) is 0 Å². The fourth-order valence-electron chi connectivity index (χ4n) is 0.549. The van der Waals surface area contributed by atoms with Crippen LogP contribution in [0.1, 0.15) is 13.3 Å². The van der Waals surface area contributed by atoms with E-state index < -0.39 is 33.1 Å². The normalized spacial score (nSPS) is 8.56. The summed E-state index contributed by atoms with van der Waals surface area (Å²) < 4.78 is 13.8. The molecule has 0 bridgehead atoms. The molecule has 0 rings (SSSR count). The van der Waals surface area contributed by atoms with Crippen molar-refractivity contribution in [1.82, 2.24) is 0 Å². The summed E-state index contributed by atoms with van der Waals surface area (Å²) in [5.41, 5.74) is 0. The van der Waals surface area contributed by atoms with Gasteiger partial charge in [-0.25, -0.2) is 0 Å². The number of rotatable bonds is 6. The Morgan fingerprint density at radius 2 is 1.50 bits per heavy atom. The lowest BCUT2D eigenvalue weighted by Gasteiger charge is -2.10. The SMILES string of the molecule is C=CC(=O)[O][Al]([O]C(=O)C=C)[O]C(=O)CC. The molecule has 16 heavy (non-hydrogen) atoms. The zero-order valence-electron chi connectivity index (χ0n) is 8.80. The molecule has 0 saturated carbocycles. The van der Waals surface area contributed by atoms with Crippen LogP contribution < -0.4 is 0 Å². The molecule has 0 radical (unpaired) electrons. The van der Waals surface area contributed by atoms with E-state index in [9.17, 15) is 14.4 Å². The molecule has 0 N–H and O–H groups in total. The van der Waals surface area contributed by atoms with Gasteiger partial charge in [0.15, 0.2) is 0 Å². The molecule has 0 atom stereocenters. The molecule has 0 unspecified atom stereocenters. The van der Waals surface area contributed by atoms with Gasteiger partial charge >= 0.3 is 15.1 Å². The zero-order valence-corrected chi connectivity index (χ0v) is 9.96. The molecule has 0 aromatic heterocycles. The standard InChI is InChI=1S/C3H6O2.2C3H4O2.Al/c3*1-2-3(4)5;/h2H2,1H3,(H,4,5);2*2H,1H2,(H,4,5);/q;;;+3/p-3. The average Bonchev–Trinajstić information content (AvgIpc) is 2.28. The summed E-state index contributed by atoms with van der Waals surface area (Å²) in [6, 6.07) is 0. The number of carbonyl (C=O) groups excluding carboxylic acids is 3. The van der Waals surface area contributed by atoms with Crippen LogP contribution in [0.2, 0.25) is 0 Å². The maximum atomic E-state index is 10.9. The summed E-state index contributed by atoms with van der Waals surface area (Å²) in [6.45, 7) is 7.87. The van der Waals surface area contributed by atoms with Gasteiger partial charge in [0, 0.05) is 18.6 Å². The number of hydrogen-bond acceptors (Lipinski definition) is 6. The third-order valence-corrected chi connectivity index (χ3v) is 2.58. The van der Waals surface area contributed by atoms with Gasteiger partial charge in [0.2, 0.25) is 0 Å². The van der Waals surface area contributed by atoms with Crippen molar-refractivity contribution < 1.29 is 25.7 Å². The van der Waals surface area contributed by atoms with E-state index in [-0.39, 0.29) is 6.42 Å². The topological polar surface area (TPSA) is 78.9 Å². The van der Waals surface area contributed by atoms with E-state index in [1.165, 1.54) is 0 Å². The third kappa shape index (κ3) is 6.01. The zero-order chi connectivity index (χ0) is 12.6. The van der Waals surface area contributed by atoms with Crippen molar-refractivity contribution in [2.45, 2.75) is 13.3 Å². The first-order valence-corrected chi connectivity index (χ1v) is 5.80. The summed E-state index contributed by atoms with van der Waals surface area (Å²) in [4.78, 5) is 32.6.